The van der Waals surface area contributed by atoms with Gasteiger partial charge in [-0.25, -0.2) is 0 Å². The number of likely N-dealkylation sites (tertiary alicyclic amines) is 1. The van der Waals surface area contributed by atoms with E-state index in [4.69, 9.17) is 4.74 Å². The van der Waals surface area contributed by atoms with E-state index in [1.54, 1.807) is 0 Å². The van der Waals surface area contributed by atoms with Gasteiger partial charge in [0.1, 0.15) is 11.9 Å². The molecule has 0 radical (unpaired) electrons. The van der Waals surface area contributed by atoms with Crippen molar-refractivity contribution in [3.63, 3.8) is 0 Å². The van der Waals surface area contributed by atoms with Gasteiger partial charge in [0, 0.05) is 36.0 Å². The fraction of sp³-hybridized carbons (Fsp3) is 0.400. The number of aromatic nitrogens is 1. The maximum absolute atomic E-state index is 6.13. The van der Waals surface area contributed by atoms with Gasteiger partial charge in [-0.15, -0.1) is 0 Å². The number of ether oxygens (including phenoxy) is 1. The second-order valence-electron chi connectivity index (χ2n) is 5.12. The van der Waals surface area contributed by atoms with E-state index in [1.807, 2.05) is 24.5 Å². The minimum absolute atomic E-state index is 0.276. The number of rotatable bonds is 2. The van der Waals surface area contributed by atoms with Crippen LogP contribution in [0.2, 0.25) is 0 Å². The summed E-state index contributed by atoms with van der Waals surface area (Å²) in [5, 5.41) is 2.28. The molecule has 2 aromatic rings. The van der Waals surface area contributed by atoms with Crippen LogP contribution in [-0.4, -0.2) is 35.6 Å². The van der Waals surface area contributed by atoms with Crippen LogP contribution < -0.4 is 4.74 Å². The summed E-state index contributed by atoms with van der Waals surface area (Å²) in [6.07, 6.45) is 5.06. The Morgan fingerprint density at radius 1 is 1.28 bits per heavy atom. The Bertz CT molecular complexity index is 540. The third-order valence-electron chi connectivity index (χ3n) is 3.77. The van der Waals surface area contributed by atoms with Crippen molar-refractivity contribution in [2.45, 2.75) is 25.5 Å². The zero-order valence-corrected chi connectivity index (χ0v) is 10.8. The van der Waals surface area contributed by atoms with Gasteiger partial charge in [-0.1, -0.05) is 24.3 Å². The molecule has 0 amide bonds. The molecule has 2 atom stereocenters. The lowest BCUT2D eigenvalue weighted by Crippen LogP contribution is -2.23. The quantitative estimate of drug-likeness (QED) is 0.809. The number of hydrogen-bond donors (Lipinski definition) is 0. The monoisotopic (exact) mass is 242 g/mol. The molecule has 0 aliphatic carbocycles. The predicted octanol–water partition coefficient (Wildman–Crippen LogP) is 2.71. The fourth-order valence-corrected chi connectivity index (χ4v) is 2.58. The lowest BCUT2D eigenvalue weighted by Gasteiger charge is -2.15. The summed E-state index contributed by atoms with van der Waals surface area (Å²) in [6, 6.07) is 8.82. The van der Waals surface area contributed by atoms with Crippen molar-refractivity contribution >= 4 is 10.8 Å². The molecule has 1 aromatic heterocycles. The highest BCUT2D eigenvalue weighted by Crippen LogP contribution is 2.27. The van der Waals surface area contributed by atoms with E-state index in [-0.39, 0.29) is 6.10 Å². The van der Waals surface area contributed by atoms with E-state index < -0.39 is 0 Å². The largest absolute Gasteiger partial charge is 0.487 e. The first-order valence-corrected chi connectivity index (χ1v) is 6.43. The summed E-state index contributed by atoms with van der Waals surface area (Å²) < 4.78 is 6.13. The second-order valence-corrected chi connectivity index (χ2v) is 5.12. The molecule has 18 heavy (non-hydrogen) atoms. The number of likely N-dealkylation sites (N-methyl/N-ethyl adjacent to an activating group) is 1. The number of hydrogen-bond acceptors (Lipinski definition) is 3. The van der Waals surface area contributed by atoms with E-state index in [0.717, 1.165) is 29.5 Å². The van der Waals surface area contributed by atoms with Crippen molar-refractivity contribution in [1.29, 1.82) is 0 Å². The summed E-state index contributed by atoms with van der Waals surface area (Å²) in [7, 11) is 2.15. The predicted molar refractivity (Wildman–Crippen MR) is 72.9 cm³/mol. The Labute approximate surface area is 107 Å². The maximum atomic E-state index is 6.13. The Morgan fingerprint density at radius 2 is 2.11 bits per heavy atom. The number of fused-ring (bicyclic) bond motifs is 1. The Kier molecular flexibility index (Phi) is 2.92. The molecule has 1 aliphatic heterocycles. The third kappa shape index (κ3) is 2.06. The summed E-state index contributed by atoms with van der Waals surface area (Å²) in [4.78, 5) is 6.59. The smallest absolute Gasteiger partial charge is 0.145 e. The average molecular weight is 242 g/mol. The van der Waals surface area contributed by atoms with Gasteiger partial charge in [-0.05, 0) is 14.0 Å². The average Bonchev–Trinajstić information content (AvgIpc) is 2.69. The van der Waals surface area contributed by atoms with Gasteiger partial charge in [0.15, 0.2) is 0 Å². The minimum Gasteiger partial charge on any atom is -0.487 e. The van der Waals surface area contributed by atoms with Gasteiger partial charge in [0.25, 0.3) is 0 Å². The van der Waals surface area contributed by atoms with Crippen molar-refractivity contribution in [3.8, 4) is 5.75 Å². The first-order valence-electron chi connectivity index (χ1n) is 6.43. The molecule has 1 aliphatic rings. The molecular weight excluding hydrogens is 224 g/mol. The molecule has 0 saturated carbocycles. The van der Waals surface area contributed by atoms with Crippen LogP contribution in [0.4, 0.5) is 0 Å². The van der Waals surface area contributed by atoms with Crippen LogP contribution in [0, 0.1) is 0 Å². The Balaban J connectivity index is 1.87. The Hall–Kier alpha value is -1.61. The molecule has 3 nitrogen and oxygen atoms in total. The third-order valence-corrected chi connectivity index (χ3v) is 3.77. The summed E-state index contributed by atoms with van der Waals surface area (Å²) >= 11 is 0. The minimum atomic E-state index is 0.276. The summed E-state index contributed by atoms with van der Waals surface area (Å²) in [5.41, 5.74) is 0. The van der Waals surface area contributed by atoms with Crippen LogP contribution in [0.25, 0.3) is 10.8 Å². The van der Waals surface area contributed by atoms with Gasteiger partial charge in [0.05, 0.1) is 6.20 Å². The van der Waals surface area contributed by atoms with Crippen LogP contribution in [0.3, 0.4) is 0 Å². The second kappa shape index (κ2) is 4.58. The molecule has 3 rings (SSSR count). The highest BCUT2D eigenvalue weighted by Gasteiger charge is 2.27. The molecule has 0 N–H and O–H groups in total. The van der Waals surface area contributed by atoms with Crippen LogP contribution in [0.5, 0.6) is 5.75 Å². The molecule has 2 unspecified atom stereocenters. The van der Waals surface area contributed by atoms with Crippen molar-refractivity contribution in [3.05, 3.63) is 36.7 Å². The molecule has 94 valence electrons. The maximum Gasteiger partial charge on any atom is 0.145 e. The van der Waals surface area contributed by atoms with Crippen LogP contribution >= 0.6 is 0 Å². The molecule has 0 bridgehead atoms. The summed E-state index contributed by atoms with van der Waals surface area (Å²) in [6.45, 7) is 3.23. The van der Waals surface area contributed by atoms with Crippen LogP contribution in [-0.2, 0) is 0 Å². The van der Waals surface area contributed by atoms with Gasteiger partial charge in [-0.2, -0.15) is 0 Å². The van der Waals surface area contributed by atoms with Crippen LogP contribution in [0.15, 0.2) is 36.7 Å². The molecule has 0 spiro atoms. The van der Waals surface area contributed by atoms with Crippen molar-refractivity contribution in [2.75, 3.05) is 13.6 Å². The lowest BCUT2D eigenvalue weighted by molar-refractivity contribution is 0.210. The summed E-state index contributed by atoms with van der Waals surface area (Å²) in [5.74, 6) is 0.903. The first kappa shape index (κ1) is 11.5. The topological polar surface area (TPSA) is 25.4 Å². The Morgan fingerprint density at radius 3 is 2.89 bits per heavy atom. The number of nitrogens with zero attached hydrogens (tertiary/aromatic N) is 2. The fourth-order valence-electron chi connectivity index (χ4n) is 2.58. The van der Waals surface area contributed by atoms with Gasteiger partial charge >= 0.3 is 0 Å². The molecular formula is C15H18N2O. The van der Waals surface area contributed by atoms with Crippen molar-refractivity contribution in [2.24, 2.45) is 0 Å². The number of benzene rings is 1. The zero-order chi connectivity index (χ0) is 12.5. The van der Waals surface area contributed by atoms with Gasteiger partial charge < -0.3 is 4.74 Å². The van der Waals surface area contributed by atoms with E-state index in [9.17, 15) is 0 Å². The normalized spacial score (nSPS) is 24.6. The molecule has 3 heteroatoms. The van der Waals surface area contributed by atoms with Crippen molar-refractivity contribution in [1.82, 2.24) is 9.88 Å². The molecule has 1 fully saturated rings. The van der Waals surface area contributed by atoms with E-state index >= 15 is 0 Å². The number of pyridine rings is 1. The van der Waals surface area contributed by atoms with Gasteiger partial charge in [0.2, 0.25) is 0 Å². The van der Waals surface area contributed by atoms with E-state index in [1.165, 1.54) is 0 Å². The highest BCUT2D eigenvalue weighted by atomic mass is 16.5. The molecule has 1 aromatic carbocycles. The van der Waals surface area contributed by atoms with Gasteiger partial charge in [-0.3, -0.25) is 9.88 Å². The first-order chi connectivity index (χ1) is 8.74. The van der Waals surface area contributed by atoms with Crippen LogP contribution in [0.1, 0.15) is 13.3 Å². The van der Waals surface area contributed by atoms with Crippen molar-refractivity contribution < 1.29 is 4.74 Å². The van der Waals surface area contributed by atoms with E-state index in [0.29, 0.717) is 6.04 Å². The highest BCUT2D eigenvalue weighted by molar-refractivity contribution is 5.87. The van der Waals surface area contributed by atoms with E-state index in [2.05, 4.69) is 36.0 Å². The molecule has 2 heterocycles. The lowest BCUT2D eigenvalue weighted by atomic mass is 10.1. The zero-order valence-electron chi connectivity index (χ0n) is 10.8. The standard InChI is InChI=1S/C15H18N2O/c1-11-7-13(10-17(11)2)18-15-9-16-8-12-5-3-4-6-14(12)15/h3-6,8-9,11,13H,7,10H2,1-2H3. The SMILES string of the molecule is CC1CC(Oc2cncc3ccccc23)CN1C. The molecule has 1 saturated heterocycles.